The number of aryl methyl sites for hydroxylation is 1. The Morgan fingerprint density at radius 2 is 1.95 bits per heavy atom. The van der Waals surface area contributed by atoms with E-state index in [1.54, 1.807) is 18.2 Å². The lowest BCUT2D eigenvalue weighted by atomic mass is 10.2. The minimum Gasteiger partial charge on any atom is -0.399 e. The Labute approximate surface area is 120 Å². The number of hydrogen-bond acceptors (Lipinski definition) is 2. The lowest BCUT2D eigenvalue weighted by Gasteiger charge is -2.10. The fourth-order valence-corrected chi connectivity index (χ4v) is 1.77. The molecule has 104 valence electrons. The lowest BCUT2D eigenvalue weighted by molar-refractivity contribution is 0.262. The van der Waals surface area contributed by atoms with Gasteiger partial charge in [0, 0.05) is 16.4 Å². The number of halogens is 2. The standard InChI is InChI=1S/C14H13ClFN3O/c1-8-2-4-10(7-11(8)15)18-14(20)19-13-6-9(17)3-5-12(13)16/h2-7H,17H2,1H3,(H2,18,19,20). The van der Waals surface area contributed by atoms with Crippen molar-refractivity contribution in [3.05, 3.63) is 52.8 Å². The Hall–Kier alpha value is -2.27. The van der Waals surface area contributed by atoms with Crippen molar-refractivity contribution >= 4 is 34.7 Å². The van der Waals surface area contributed by atoms with Crippen molar-refractivity contribution in [2.24, 2.45) is 0 Å². The van der Waals surface area contributed by atoms with Crippen LogP contribution in [0.3, 0.4) is 0 Å². The Bertz CT molecular complexity index is 661. The fourth-order valence-electron chi connectivity index (χ4n) is 1.59. The second kappa shape index (κ2) is 5.79. The smallest absolute Gasteiger partial charge is 0.323 e. The van der Waals surface area contributed by atoms with Crippen LogP contribution in [0.4, 0.5) is 26.2 Å². The Kier molecular flexibility index (Phi) is 4.10. The maximum absolute atomic E-state index is 13.5. The van der Waals surface area contributed by atoms with E-state index >= 15 is 0 Å². The van der Waals surface area contributed by atoms with Gasteiger partial charge in [0.25, 0.3) is 0 Å². The number of nitrogens with one attached hydrogen (secondary N) is 2. The lowest BCUT2D eigenvalue weighted by Crippen LogP contribution is -2.20. The molecular formula is C14H13ClFN3O. The first-order chi connectivity index (χ1) is 9.45. The molecule has 2 amide bonds. The van der Waals surface area contributed by atoms with Gasteiger partial charge in [-0.3, -0.25) is 0 Å². The third kappa shape index (κ3) is 3.39. The minimum atomic E-state index is -0.575. The number of rotatable bonds is 2. The van der Waals surface area contributed by atoms with Crippen LogP contribution in [0.5, 0.6) is 0 Å². The predicted molar refractivity (Wildman–Crippen MR) is 79.6 cm³/mol. The highest BCUT2D eigenvalue weighted by atomic mass is 35.5. The molecule has 2 aromatic carbocycles. The number of benzene rings is 2. The van der Waals surface area contributed by atoms with Gasteiger partial charge in [0.05, 0.1) is 5.69 Å². The van der Waals surface area contributed by atoms with Gasteiger partial charge in [-0.25, -0.2) is 9.18 Å². The molecular weight excluding hydrogens is 281 g/mol. The number of carbonyl (C=O) groups is 1. The molecule has 6 heteroatoms. The summed E-state index contributed by atoms with van der Waals surface area (Å²) >= 11 is 5.96. The van der Waals surface area contributed by atoms with Crippen molar-refractivity contribution in [3.8, 4) is 0 Å². The summed E-state index contributed by atoms with van der Waals surface area (Å²) in [7, 11) is 0. The molecule has 0 aliphatic rings. The second-order valence-corrected chi connectivity index (χ2v) is 4.69. The zero-order chi connectivity index (χ0) is 14.7. The van der Waals surface area contributed by atoms with Gasteiger partial charge in [0.2, 0.25) is 0 Å². The summed E-state index contributed by atoms with van der Waals surface area (Å²) in [4.78, 5) is 11.8. The van der Waals surface area contributed by atoms with Crippen molar-refractivity contribution < 1.29 is 9.18 Å². The van der Waals surface area contributed by atoms with Crippen molar-refractivity contribution in [2.75, 3.05) is 16.4 Å². The molecule has 2 rings (SSSR count). The molecule has 2 aromatic rings. The summed E-state index contributed by atoms with van der Waals surface area (Å²) in [5.74, 6) is -0.559. The van der Waals surface area contributed by atoms with Gasteiger partial charge in [-0.1, -0.05) is 17.7 Å². The van der Waals surface area contributed by atoms with E-state index in [0.29, 0.717) is 16.4 Å². The maximum atomic E-state index is 13.5. The van der Waals surface area contributed by atoms with E-state index in [-0.39, 0.29) is 5.69 Å². The number of nitrogens with two attached hydrogens (primary N) is 1. The van der Waals surface area contributed by atoms with Crippen molar-refractivity contribution in [3.63, 3.8) is 0 Å². The number of amides is 2. The van der Waals surface area contributed by atoms with Crippen LogP contribution in [0.2, 0.25) is 5.02 Å². The Morgan fingerprint density at radius 3 is 2.65 bits per heavy atom. The zero-order valence-electron chi connectivity index (χ0n) is 10.7. The van der Waals surface area contributed by atoms with Crippen molar-refractivity contribution in [2.45, 2.75) is 6.92 Å². The van der Waals surface area contributed by atoms with Crippen molar-refractivity contribution in [1.29, 1.82) is 0 Å². The molecule has 0 heterocycles. The van der Waals surface area contributed by atoms with Gasteiger partial charge >= 0.3 is 6.03 Å². The van der Waals surface area contributed by atoms with E-state index in [9.17, 15) is 9.18 Å². The molecule has 0 atom stereocenters. The summed E-state index contributed by atoms with van der Waals surface area (Å²) in [6.07, 6.45) is 0. The molecule has 4 N–H and O–H groups in total. The summed E-state index contributed by atoms with van der Waals surface area (Å²) in [6, 6.07) is 8.47. The Morgan fingerprint density at radius 1 is 1.20 bits per heavy atom. The van der Waals surface area contributed by atoms with E-state index in [1.807, 2.05) is 6.92 Å². The van der Waals surface area contributed by atoms with E-state index in [1.165, 1.54) is 18.2 Å². The third-order valence-electron chi connectivity index (χ3n) is 2.67. The average molecular weight is 294 g/mol. The number of nitrogen functional groups attached to an aromatic ring is 1. The molecule has 0 spiro atoms. The van der Waals surface area contributed by atoms with Gasteiger partial charge in [0.15, 0.2) is 0 Å². The van der Waals surface area contributed by atoms with Crippen LogP contribution in [0, 0.1) is 12.7 Å². The first-order valence-electron chi connectivity index (χ1n) is 5.85. The third-order valence-corrected chi connectivity index (χ3v) is 3.08. The number of hydrogen-bond donors (Lipinski definition) is 3. The highest BCUT2D eigenvalue weighted by Crippen LogP contribution is 2.21. The number of anilines is 3. The van der Waals surface area contributed by atoms with Gasteiger partial charge in [0.1, 0.15) is 5.82 Å². The maximum Gasteiger partial charge on any atom is 0.323 e. The molecule has 20 heavy (non-hydrogen) atoms. The van der Waals surface area contributed by atoms with Gasteiger partial charge < -0.3 is 16.4 Å². The molecule has 0 bridgehead atoms. The quantitative estimate of drug-likeness (QED) is 0.732. The van der Waals surface area contributed by atoms with Gasteiger partial charge in [-0.15, -0.1) is 0 Å². The highest BCUT2D eigenvalue weighted by molar-refractivity contribution is 6.31. The summed E-state index contributed by atoms with van der Waals surface area (Å²) < 4.78 is 13.5. The van der Waals surface area contributed by atoms with Crippen LogP contribution in [-0.2, 0) is 0 Å². The van der Waals surface area contributed by atoms with Crippen LogP contribution in [0.15, 0.2) is 36.4 Å². The predicted octanol–water partition coefficient (Wildman–Crippen LogP) is 4.01. The SMILES string of the molecule is Cc1ccc(NC(=O)Nc2cc(N)ccc2F)cc1Cl. The van der Waals surface area contributed by atoms with E-state index in [0.717, 1.165) is 5.56 Å². The number of carbonyl (C=O) groups excluding carboxylic acids is 1. The first-order valence-corrected chi connectivity index (χ1v) is 6.22. The number of urea groups is 1. The largest absolute Gasteiger partial charge is 0.399 e. The average Bonchev–Trinajstić information content (AvgIpc) is 2.38. The molecule has 0 aliphatic carbocycles. The molecule has 4 nitrogen and oxygen atoms in total. The molecule has 0 radical (unpaired) electrons. The molecule has 0 saturated carbocycles. The normalized spacial score (nSPS) is 10.2. The molecule has 0 unspecified atom stereocenters. The van der Waals surface area contributed by atoms with E-state index < -0.39 is 11.8 Å². The highest BCUT2D eigenvalue weighted by Gasteiger charge is 2.08. The van der Waals surface area contributed by atoms with E-state index in [4.69, 9.17) is 17.3 Å². The van der Waals surface area contributed by atoms with E-state index in [2.05, 4.69) is 10.6 Å². The molecule has 0 saturated heterocycles. The zero-order valence-corrected chi connectivity index (χ0v) is 11.5. The van der Waals surface area contributed by atoms with Gasteiger partial charge in [-0.2, -0.15) is 0 Å². The fraction of sp³-hybridized carbons (Fsp3) is 0.0714. The Balaban J connectivity index is 2.09. The molecule has 0 aromatic heterocycles. The monoisotopic (exact) mass is 293 g/mol. The topological polar surface area (TPSA) is 67.2 Å². The molecule has 0 fully saturated rings. The first kappa shape index (κ1) is 14.1. The van der Waals surface area contributed by atoms with Crippen LogP contribution >= 0.6 is 11.6 Å². The van der Waals surface area contributed by atoms with Crippen LogP contribution in [-0.4, -0.2) is 6.03 Å². The summed E-state index contributed by atoms with van der Waals surface area (Å²) in [5, 5.41) is 5.49. The molecule has 0 aliphatic heterocycles. The van der Waals surface area contributed by atoms with Crippen LogP contribution in [0.1, 0.15) is 5.56 Å². The summed E-state index contributed by atoms with van der Waals surface area (Å²) in [6.45, 7) is 1.86. The van der Waals surface area contributed by atoms with Gasteiger partial charge in [-0.05, 0) is 42.8 Å². The summed E-state index contributed by atoms with van der Waals surface area (Å²) in [5.41, 5.74) is 7.33. The minimum absolute atomic E-state index is 0.0145. The van der Waals surface area contributed by atoms with Crippen LogP contribution < -0.4 is 16.4 Å². The van der Waals surface area contributed by atoms with Crippen LogP contribution in [0.25, 0.3) is 0 Å². The van der Waals surface area contributed by atoms with Crippen molar-refractivity contribution in [1.82, 2.24) is 0 Å². The second-order valence-electron chi connectivity index (χ2n) is 4.28.